The van der Waals surface area contributed by atoms with Crippen LogP contribution in [0.2, 0.25) is 0 Å². The molecule has 0 bridgehead atoms. The van der Waals surface area contributed by atoms with Gasteiger partial charge in [-0.2, -0.15) is 4.31 Å². The van der Waals surface area contributed by atoms with Crippen LogP contribution in [0.1, 0.15) is 41.0 Å². The molecule has 0 amide bonds. The second-order valence-electron chi connectivity index (χ2n) is 7.62. The number of ether oxygens (including phenoxy) is 2. The van der Waals surface area contributed by atoms with Crippen LogP contribution in [0, 0.1) is 13.8 Å². The first-order valence-corrected chi connectivity index (χ1v) is 11.9. The third-order valence-electron chi connectivity index (χ3n) is 5.42. The van der Waals surface area contributed by atoms with E-state index in [0.29, 0.717) is 61.2 Å². The van der Waals surface area contributed by atoms with Crippen molar-refractivity contribution in [1.82, 2.24) is 19.0 Å². The summed E-state index contributed by atoms with van der Waals surface area (Å²) in [6.07, 6.45) is 0.837. The maximum atomic E-state index is 13.0. The number of fused-ring (bicyclic) bond motifs is 1. The van der Waals surface area contributed by atoms with E-state index in [1.807, 2.05) is 11.5 Å². The fraction of sp³-hybridized carbons (Fsp3) is 0.476. The molecule has 0 saturated carbocycles. The summed E-state index contributed by atoms with van der Waals surface area (Å²) in [4.78, 5) is 17.3. The normalized spacial score (nSPS) is 15.3. The van der Waals surface area contributed by atoms with Gasteiger partial charge in [-0.05, 0) is 38.5 Å². The Kier molecular flexibility index (Phi) is 6.31. The van der Waals surface area contributed by atoms with E-state index >= 15 is 0 Å². The topological polar surface area (TPSA) is 117 Å². The molecule has 1 saturated heterocycles. The molecule has 0 atom stereocenters. The summed E-state index contributed by atoms with van der Waals surface area (Å²) in [5.74, 6) is 0.405. The number of carbonyl (C=O) groups is 1. The Hall–Kier alpha value is -2.76. The number of nitrogens with zero attached hydrogens (tertiary/aromatic N) is 4. The number of aromatic nitrogens is 3. The molecule has 4 rings (SSSR count). The zero-order valence-corrected chi connectivity index (χ0v) is 19.1. The highest BCUT2D eigenvalue weighted by atomic mass is 32.2. The second kappa shape index (κ2) is 9.00. The van der Waals surface area contributed by atoms with Gasteiger partial charge >= 0.3 is 5.97 Å². The minimum absolute atomic E-state index is 0.0525. The van der Waals surface area contributed by atoms with Crippen LogP contribution in [-0.4, -0.2) is 59.7 Å². The lowest BCUT2D eigenvalue weighted by Gasteiger charge is -2.26. The van der Waals surface area contributed by atoms with Crippen molar-refractivity contribution in [2.75, 3.05) is 26.3 Å². The molecule has 1 aliphatic heterocycles. The van der Waals surface area contributed by atoms with Gasteiger partial charge in [0.15, 0.2) is 0 Å². The molecule has 1 fully saturated rings. The van der Waals surface area contributed by atoms with Gasteiger partial charge in [0.1, 0.15) is 23.8 Å². The molecule has 3 aromatic rings. The molecule has 0 aliphatic carbocycles. The molecule has 0 spiro atoms. The molecular formula is C21H26N4O6S. The summed E-state index contributed by atoms with van der Waals surface area (Å²) in [5, 5.41) is 3.78. The van der Waals surface area contributed by atoms with Crippen LogP contribution in [0.3, 0.4) is 0 Å². The Morgan fingerprint density at radius 3 is 2.62 bits per heavy atom. The van der Waals surface area contributed by atoms with Crippen molar-refractivity contribution in [1.29, 1.82) is 0 Å². The van der Waals surface area contributed by atoms with Gasteiger partial charge < -0.3 is 18.6 Å². The van der Waals surface area contributed by atoms with Gasteiger partial charge in [0, 0.05) is 19.6 Å². The minimum Gasteiger partial charge on any atom is -0.454 e. The largest absolute Gasteiger partial charge is 0.454 e. The smallest absolute Gasteiger partial charge is 0.344 e. The molecule has 0 radical (unpaired) electrons. The molecule has 1 aliphatic rings. The van der Waals surface area contributed by atoms with Crippen molar-refractivity contribution in [3.63, 3.8) is 0 Å². The quantitative estimate of drug-likeness (QED) is 0.492. The van der Waals surface area contributed by atoms with Crippen molar-refractivity contribution in [3.05, 3.63) is 41.0 Å². The highest BCUT2D eigenvalue weighted by Gasteiger charge is 2.27. The Labute approximate surface area is 186 Å². The van der Waals surface area contributed by atoms with Crippen molar-refractivity contribution >= 4 is 27.0 Å². The molecule has 172 valence electrons. The van der Waals surface area contributed by atoms with Crippen molar-refractivity contribution in [2.45, 2.75) is 45.2 Å². The van der Waals surface area contributed by atoms with E-state index in [0.717, 1.165) is 11.9 Å². The van der Waals surface area contributed by atoms with Crippen LogP contribution in [0.15, 0.2) is 27.6 Å². The van der Waals surface area contributed by atoms with E-state index in [-0.39, 0.29) is 11.5 Å². The molecular weight excluding hydrogens is 436 g/mol. The number of sulfonamides is 1. The van der Waals surface area contributed by atoms with E-state index < -0.39 is 16.0 Å². The summed E-state index contributed by atoms with van der Waals surface area (Å²) in [6.45, 7) is 7.38. The predicted molar refractivity (Wildman–Crippen MR) is 115 cm³/mol. The minimum atomic E-state index is -3.63. The van der Waals surface area contributed by atoms with Crippen molar-refractivity contribution < 1.29 is 27.2 Å². The third-order valence-corrected chi connectivity index (χ3v) is 7.32. The monoisotopic (exact) mass is 462 g/mol. The van der Waals surface area contributed by atoms with Crippen LogP contribution < -0.4 is 0 Å². The van der Waals surface area contributed by atoms with E-state index in [2.05, 4.69) is 10.1 Å². The van der Waals surface area contributed by atoms with E-state index in [9.17, 15) is 13.2 Å². The van der Waals surface area contributed by atoms with Gasteiger partial charge in [-0.3, -0.25) is 0 Å². The fourth-order valence-corrected chi connectivity index (χ4v) is 5.24. The number of hydrogen-bond donors (Lipinski definition) is 0. The number of aryl methyl sites for hydroxylation is 3. The fourth-order valence-electron chi connectivity index (χ4n) is 3.82. The number of morpholine rings is 1. The van der Waals surface area contributed by atoms with Gasteiger partial charge in [-0.1, -0.05) is 12.1 Å². The summed E-state index contributed by atoms with van der Waals surface area (Å²) >= 11 is 0. The Morgan fingerprint density at radius 1 is 1.22 bits per heavy atom. The zero-order valence-electron chi connectivity index (χ0n) is 18.3. The van der Waals surface area contributed by atoms with Crippen molar-refractivity contribution in [2.24, 2.45) is 0 Å². The molecule has 3 heterocycles. The Balaban J connectivity index is 1.63. The summed E-state index contributed by atoms with van der Waals surface area (Å²) < 4.78 is 45.2. The number of rotatable bonds is 7. The molecule has 1 aromatic carbocycles. The number of carbonyl (C=O) groups excluding carboxylic acids is 1. The average Bonchev–Trinajstić information content (AvgIpc) is 3.31. The van der Waals surface area contributed by atoms with Gasteiger partial charge in [0.2, 0.25) is 10.0 Å². The average molecular weight is 463 g/mol. The molecule has 2 aromatic heterocycles. The third kappa shape index (κ3) is 4.15. The zero-order chi connectivity index (χ0) is 22.9. The highest BCUT2D eigenvalue weighted by molar-refractivity contribution is 7.89. The Bertz CT molecular complexity index is 1220. The van der Waals surface area contributed by atoms with Gasteiger partial charge in [-0.15, -0.1) is 0 Å². The van der Waals surface area contributed by atoms with Crippen LogP contribution in [0.4, 0.5) is 0 Å². The van der Waals surface area contributed by atoms with Crippen LogP contribution in [-0.2, 0) is 32.6 Å². The van der Waals surface area contributed by atoms with Crippen LogP contribution in [0.5, 0.6) is 0 Å². The first-order valence-electron chi connectivity index (χ1n) is 10.5. The molecule has 0 unspecified atom stereocenters. The van der Waals surface area contributed by atoms with Crippen molar-refractivity contribution in [3.8, 4) is 0 Å². The Morgan fingerprint density at radius 2 is 1.97 bits per heavy atom. The summed E-state index contributed by atoms with van der Waals surface area (Å²) in [7, 11) is -3.63. The number of imidazole rings is 1. The lowest BCUT2D eigenvalue weighted by Crippen LogP contribution is -2.40. The standard InChI is InChI=1S/C21H26N4O6S/c1-4-7-25-18-6-5-16(32(27,28)24-8-10-29-11-9-24)12-17(18)22-19(25)13-30-21(26)20-14(2)23-31-15(20)3/h5-6,12H,4,7-11,13H2,1-3H3. The number of esters is 1. The predicted octanol–water partition coefficient (Wildman–Crippen LogP) is 2.43. The van der Waals surface area contributed by atoms with Crippen LogP contribution >= 0.6 is 0 Å². The van der Waals surface area contributed by atoms with Gasteiger partial charge in [0.25, 0.3) is 0 Å². The second-order valence-corrected chi connectivity index (χ2v) is 9.56. The van der Waals surface area contributed by atoms with Gasteiger partial charge in [0.05, 0.1) is 34.8 Å². The van der Waals surface area contributed by atoms with Crippen LogP contribution in [0.25, 0.3) is 11.0 Å². The molecule has 11 heteroatoms. The summed E-state index contributed by atoms with van der Waals surface area (Å²) in [5.41, 5.74) is 2.10. The molecule has 0 N–H and O–H groups in total. The molecule has 10 nitrogen and oxygen atoms in total. The first kappa shape index (κ1) is 22.4. The van der Waals surface area contributed by atoms with E-state index in [1.165, 1.54) is 4.31 Å². The molecule has 32 heavy (non-hydrogen) atoms. The highest BCUT2D eigenvalue weighted by Crippen LogP contribution is 2.24. The van der Waals surface area contributed by atoms with Gasteiger partial charge in [-0.25, -0.2) is 18.2 Å². The number of benzene rings is 1. The first-order chi connectivity index (χ1) is 15.3. The number of hydrogen-bond acceptors (Lipinski definition) is 8. The SMILES string of the molecule is CCCn1c(COC(=O)c2c(C)noc2C)nc2cc(S(=O)(=O)N3CCOCC3)ccc21. The maximum absolute atomic E-state index is 13.0. The van der Waals surface area contributed by atoms with E-state index in [1.54, 1.807) is 32.0 Å². The van der Waals surface area contributed by atoms with E-state index in [4.69, 9.17) is 14.0 Å². The lowest BCUT2D eigenvalue weighted by molar-refractivity contribution is 0.0455. The lowest BCUT2D eigenvalue weighted by atomic mass is 10.2. The summed E-state index contributed by atoms with van der Waals surface area (Å²) in [6, 6.07) is 4.93. The maximum Gasteiger partial charge on any atom is 0.344 e.